The highest BCUT2D eigenvalue weighted by Crippen LogP contribution is 2.26. The van der Waals surface area contributed by atoms with Gasteiger partial charge in [0.15, 0.2) is 0 Å². The molecule has 0 amide bonds. The van der Waals surface area contributed by atoms with Gasteiger partial charge in [0.05, 0.1) is 29.4 Å². The van der Waals surface area contributed by atoms with Crippen LogP contribution in [0.2, 0.25) is 0 Å². The summed E-state index contributed by atoms with van der Waals surface area (Å²) in [4.78, 5) is 25.4. The topological polar surface area (TPSA) is 66.1 Å². The number of hydrogen-bond donors (Lipinski definition) is 0. The number of aryl methyl sites for hydroxylation is 2. The molecule has 0 aliphatic carbocycles. The van der Waals surface area contributed by atoms with Gasteiger partial charge in [-0.1, -0.05) is 24.3 Å². The fraction of sp³-hybridized carbons (Fsp3) is 0.174. The Bertz CT molecular complexity index is 1270. The molecule has 0 saturated heterocycles. The number of para-hydroxylation sites is 1. The Morgan fingerprint density at radius 2 is 1.72 bits per heavy atom. The van der Waals surface area contributed by atoms with Crippen LogP contribution >= 0.6 is 0 Å². The van der Waals surface area contributed by atoms with Crippen molar-refractivity contribution in [3.63, 3.8) is 0 Å². The second kappa shape index (κ2) is 7.39. The molecule has 0 aliphatic rings. The van der Waals surface area contributed by atoms with Crippen LogP contribution in [0, 0.1) is 13.8 Å². The zero-order chi connectivity index (χ0) is 20.5. The summed E-state index contributed by atoms with van der Waals surface area (Å²) in [6, 6.07) is 16.6. The van der Waals surface area contributed by atoms with E-state index in [1.807, 2.05) is 60.9 Å². The maximum atomic E-state index is 13.2. The summed E-state index contributed by atoms with van der Waals surface area (Å²) in [5, 5.41) is 5.78. The summed E-state index contributed by atoms with van der Waals surface area (Å²) in [5.74, 6) is -0.366. The quantitative estimate of drug-likeness (QED) is 0.497. The maximum absolute atomic E-state index is 13.2. The van der Waals surface area contributed by atoms with Gasteiger partial charge >= 0.3 is 5.97 Å². The fourth-order valence-electron chi connectivity index (χ4n) is 3.69. The van der Waals surface area contributed by atoms with E-state index in [2.05, 4.69) is 5.10 Å². The smallest absolute Gasteiger partial charge is 0.338 e. The van der Waals surface area contributed by atoms with Crippen molar-refractivity contribution in [1.29, 1.82) is 0 Å². The van der Waals surface area contributed by atoms with Gasteiger partial charge in [-0.05, 0) is 51.1 Å². The monoisotopic (exact) mass is 387 g/mol. The van der Waals surface area contributed by atoms with Crippen LogP contribution in [0.5, 0.6) is 0 Å². The van der Waals surface area contributed by atoms with Crippen molar-refractivity contribution in [1.82, 2.24) is 14.3 Å². The van der Waals surface area contributed by atoms with Crippen molar-refractivity contribution in [3.8, 4) is 11.4 Å². The fourth-order valence-corrected chi connectivity index (χ4v) is 3.69. The van der Waals surface area contributed by atoms with Crippen LogP contribution in [0.3, 0.4) is 0 Å². The number of fused-ring (bicyclic) bond motifs is 1. The summed E-state index contributed by atoms with van der Waals surface area (Å²) in [6.45, 7) is 5.95. The van der Waals surface area contributed by atoms with Crippen molar-refractivity contribution in [2.45, 2.75) is 20.8 Å². The molecule has 0 atom stereocenters. The Hall–Kier alpha value is -3.67. The molecular formula is C23H21N3O3. The van der Waals surface area contributed by atoms with Gasteiger partial charge in [0.25, 0.3) is 5.56 Å². The highest BCUT2D eigenvalue weighted by Gasteiger charge is 2.18. The molecule has 0 unspecified atom stereocenters. The van der Waals surface area contributed by atoms with Gasteiger partial charge in [0, 0.05) is 22.5 Å². The number of carbonyl (C=O) groups is 1. The van der Waals surface area contributed by atoms with Crippen molar-refractivity contribution in [2.24, 2.45) is 0 Å². The molecule has 6 heteroatoms. The third-order valence-corrected chi connectivity index (χ3v) is 5.02. The van der Waals surface area contributed by atoms with Gasteiger partial charge in [-0.25, -0.2) is 4.79 Å². The summed E-state index contributed by atoms with van der Waals surface area (Å²) >= 11 is 0. The minimum Gasteiger partial charge on any atom is -0.462 e. The van der Waals surface area contributed by atoms with Crippen LogP contribution in [-0.2, 0) is 4.74 Å². The SMILES string of the molecule is CCOC(=O)c1cccc(-n2c(C)c3cnn(-c4ccccc4)c(=O)c3c2C)c1. The van der Waals surface area contributed by atoms with E-state index in [-0.39, 0.29) is 11.5 Å². The largest absolute Gasteiger partial charge is 0.462 e. The van der Waals surface area contributed by atoms with E-state index < -0.39 is 0 Å². The molecule has 0 fully saturated rings. The van der Waals surface area contributed by atoms with Crippen LogP contribution in [0.15, 0.2) is 65.6 Å². The zero-order valence-electron chi connectivity index (χ0n) is 16.5. The van der Waals surface area contributed by atoms with E-state index >= 15 is 0 Å². The van der Waals surface area contributed by atoms with Crippen LogP contribution < -0.4 is 5.56 Å². The molecule has 0 bridgehead atoms. The van der Waals surface area contributed by atoms with Crippen molar-refractivity contribution < 1.29 is 9.53 Å². The maximum Gasteiger partial charge on any atom is 0.338 e. The second-order valence-electron chi connectivity index (χ2n) is 6.76. The van der Waals surface area contributed by atoms with Crippen molar-refractivity contribution in [2.75, 3.05) is 6.61 Å². The molecule has 6 nitrogen and oxygen atoms in total. The number of aromatic nitrogens is 3. The lowest BCUT2D eigenvalue weighted by Crippen LogP contribution is -2.21. The molecular weight excluding hydrogens is 366 g/mol. The molecule has 2 aromatic heterocycles. The highest BCUT2D eigenvalue weighted by atomic mass is 16.5. The van der Waals surface area contributed by atoms with E-state index in [1.165, 1.54) is 4.68 Å². The Morgan fingerprint density at radius 3 is 2.45 bits per heavy atom. The van der Waals surface area contributed by atoms with Gasteiger partial charge in [-0.2, -0.15) is 9.78 Å². The molecule has 0 aliphatic heterocycles. The molecule has 0 spiro atoms. The summed E-state index contributed by atoms with van der Waals surface area (Å²) in [5.41, 5.74) is 3.51. The number of esters is 1. The second-order valence-corrected chi connectivity index (χ2v) is 6.76. The van der Waals surface area contributed by atoms with Gasteiger partial charge in [-0.15, -0.1) is 0 Å². The minimum atomic E-state index is -0.366. The number of nitrogens with zero attached hydrogens (tertiary/aromatic N) is 3. The molecule has 4 aromatic rings. The number of carbonyl (C=O) groups excluding carboxylic acids is 1. The molecule has 2 aromatic carbocycles. The Labute approximate surface area is 168 Å². The summed E-state index contributed by atoms with van der Waals surface area (Å²) < 4.78 is 8.50. The first-order valence-corrected chi connectivity index (χ1v) is 9.46. The van der Waals surface area contributed by atoms with E-state index in [0.29, 0.717) is 23.2 Å². The normalized spacial score (nSPS) is 11.0. The number of benzene rings is 2. The highest BCUT2D eigenvalue weighted by molar-refractivity contribution is 5.91. The van der Waals surface area contributed by atoms with E-state index in [4.69, 9.17) is 4.74 Å². The molecule has 0 saturated carbocycles. The minimum absolute atomic E-state index is 0.172. The first-order chi connectivity index (χ1) is 14.0. The van der Waals surface area contributed by atoms with Crippen LogP contribution in [-0.4, -0.2) is 26.9 Å². The molecule has 4 rings (SSSR count). The van der Waals surface area contributed by atoms with Gasteiger partial charge in [0.1, 0.15) is 0 Å². The van der Waals surface area contributed by atoms with Gasteiger partial charge < -0.3 is 9.30 Å². The first kappa shape index (κ1) is 18.7. The molecule has 146 valence electrons. The van der Waals surface area contributed by atoms with Crippen LogP contribution in [0.1, 0.15) is 28.7 Å². The molecule has 0 N–H and O–H groups in total. The average molecular weight is 387 g/mol. The lowest BCUT2D eigenvalue weighted by Gasteiger charge is -2.11. The first-order valence-electron chi connectivity index (χ1n) is 9.46. The summed E-state index contributed by atoms with van der Waals surface area (Å²) in [7, 11) is 0. The summed E-state index contributed by atoms with van der Waals surface area (Å²) in [6.07, 6.45) is 1.72. The lowest BCUT2D eigenvalue weighted by molar-refractivity contribution is 0.0526. The van der Waals surface area contributed by atoms with Gasteiger partial charge in [-0.3, -0.25) is 4.79 Å². The Morgan fingerprint density at radius 1 is 1.00 bits per heavy atom. The van der Waals surface area contributed by atoms with Crippen LogP contribution in [0.4, 0.5) is 0 Å². The predicted octanol–water partition coefficient (Wildman–Crippen LogP) is 3.97. The Balaban J connectivity index is 1.92. The van der Waals surface area contributed by atoms with E-state index in [9.17, 15) is 9.59 Å². The molecule has 29 heavy (non-hydrogen) atoms. The van der Waals surface area contributed by atoms with Crippen LogP contribution in [0.25, 0.3) is 22.1 Å². The van der Waals surface area contributed by atoms with Crippen molar-refractivity contribution >= 4 is 16.7 Å². The number of hydrogen-bond acceptors (Lipinski definition) is 4. The lowest BCUT2D eigenvalue weighted by atomic mass is 10.2. The third kappa shape index (κ3) is 3.12. The van der Waals surface area contributed by atoms with Gasteiger partial charge in [0.2, 0.25) is 0 Å². The van der Waals surface area contributed by atoms with E-state index in [0.717, 1.165) is 22.5 Å². The number of ether oxygens (including phenoxy) is 1. The van der Waals surface area contributed by atoms with Crippen molar-refractivity contribution in [3.05, 3.63) is 88.1 Å². The zero-order valence-corrected chi connectivity index (χ0v) is 16.5. The standard InChI is InChI=1S/C23H21N3O3/c1-4-29-23(28)17-9-8-12-19(13-17)25-15(2)20-14-24-26(18-10-6-5-7-11-18)22(27)21(20)16(25)3/h5-14H,4H2,1-3H3. The predicted molar refractivity (Wildman–Crippen MR) is 112 cm³/mol. The molecule has 2 heterocycles. The average Bonchev–Trinajstić information content (AvgIpc) is 3.00. The third-order valence-electron chi connectivity index (χ3n) is 5.02. The van der Waals surface area contributed by atoms with E-state index in [1.54, 1.807) is 25.3 Å². The number of rotatable bonds is 4. The Kier molecular flexibility index (Phi) is 4.76. The molecule has 0 radical (unpaired) electrons.